The van der Waals surface area contributed by atoms with Crippen molar-refractivity contribution in [2.24, 2.45) is 0 Å². The van der Waals surface area contributed by atoms with E-state index in [-0.39, 0.29) is 5.92 Å². The fourth-order valence-electron chi connectivity index (χ4n) is 4.28. The van der Waals surface area contributed by atoms with E-state index in [0.29, 0.717) is 5.02 Å². The van der Waals surface area contributed by atoms with Crippen molar-refractivity contribution in [1.82, 2.24) is 25.0 Å². The van der Waals surface area contributed by atoms with Crippen molar-refractivity contribution in [1.29, 1.82) is 0 Å². The number of para-hydroxylation sites is 2. The highest BCUT2D eigenvalue weighted by molar-refractivity contribution is 6.30. The molecule has 3 aromatic carbocycles. The van der Waals surface area contributed by atoms with Crippen molar-refractivity contribution in [2.75, 3.05) is 0 Å². The number of fused-ring (bicyclic) bond motifs is 2. The number of nitrogens with zero attached hydrogens (tertiary/aromatic N) is 3. The summed E-state index contributed by atoms with van der Waals surface area (Å²) >= 11 is 6.05. The average molecular weight is 424 g/mol. The smallest absolute Gasteiger partial charge is 0.0952 e. The Balaban J connectivity index is 1.55. The van der Waals surface area contributed by atoms with Crippen molar-refractivity contribution in [3.63, 3.8) is 0 Å². The lowest BCUT2D eigenvalue weighted by Gasteiger charge is -2.13. The molecule has 0 saturated carbocycles. The lowest BCUT2D eigenvalue weighted by Crippen LogP contribution is -2.03. The summed E-state index contributed by atoms with van der Waals surface area (Å²) < 4.78 is 1.79. The molecule has 0 unspecified atom stereocenters. The van der Waals surface area contributed by atoms with Crippen molar-refractivity contribution >= 4 is 33.4 Å². The summed E-state index contributed by atoms with van der Waals surface area (Å²) in [6.07, 6.45) is 6.16. The minimum absolute atomic E-state index is 0.0756. The van der Waals surface area contributed by atoms with Crippen LogP contribution < -0.4 is 0 Å². The van der Waals surface area contributed by atoms with Gasteiger partial charge < -0.3 is 9.97 Å². The van der Waals surface area contributed by atoms with Crippen LogP contribution in [0, 0.1) is 0 Å². The van der Waals surface area contributed by atoms with Gasteiger partial charge in [-0.15, -0.1) is 5.10 Å². The fraction of sp³-hybridized carbons (Fsp3) is 0.0400. The molecule has 2 N–H and O–H groups in total. The lowest BCUT2D eigenvalue weighted by atomic mass is 9.88. The van der Waals surface area contributed by atoms with Crippen molar-refractivity contribution in [3.8, 4) is 5.69 Å². The first-order chi connectivity index (χ1) is 15.3. The Morgan fingerprint density at radius 2 is 1.32 bits per heavy atom. The topological polar surface area (TPSA) is 62.3 Å². The highest BCUT2D eigenvalue weighted by atomic mass is 35.5. The van der Waals surface area contributed by atoms with E-state index in [2.05, 4.69) is 69.1 Å². The van der Waals surface area contributed by atoms with Gasteiger partial charge in [0.05, 0.1) is 23.5 Å². The molecule has 0 radical (unpaired) electrons. The molecule has 6 rings (SSSR count). The minimum atomic E-state index is -0.0756. The van der Waals surface area contributed by atoms with Gasteiger partial charge in [0.2, 0.25) is 0 Å². The van der Waals surface area contributed by atoms with Gasteiger partial charge in [0, 0.05) is 39.2 Å². The largest absolute Gasteiger partial charge is 0.361 e. The molecule has 150 valence electrons. The first-order valence-electron chi connectivity index (χ1n) is 10.1. The maximum atomic E-state index is 6.05. The van der Waals surface area contributed by atoms with E-state index in [4.69, 9.17) is 11.6 Å². The number of aromatic amines is 2. The van der Waals surface area contributed by atoms with Gasteiger partial charge in [-0.05, 0) is 47.5 Å². The molecule has 5 nitrogen and oxygen atoms in total. The van der Waals surface area contributed by atoms with Gasteiger partial charge in [0.25, 0.3) is 0 Å². The van der Waals surface area contributed by atoms with Crippen LogP contribution in [0.2, 0.25) is 5.02 Å². The predicted octanol–water partition coefficient (Wildman–Crippen LogP) is 6.06. The number of aromatic nitrogens is 5. The number of rotatable bonds is 4. The Kier molecular flexibility index (Phi) is 4.14. The van der Waals surface area contributed by atoms with Crippen molar-refractivity contribution in [2.45, 2.75) is 5.92 Å². The molecule has 0 spiro atoms. The second-order valence-corrected chi connectivity index (χ2v) is 8.01. The second kappa shape index (κ2) is 7.15. The van der Waals surface area contributed by atoms with Gasteiger partial charge in [-0.3, -0.25) is 0 Å². The molecular formula is C25H18ClN5. The molecule has 0 aliphatic carbocycles. The molecule has 0 aliphatic rings. The number of hydrogen-bond acceptors (Lipinski definition) is 2. The molecule has 0 fully saturated rings. The van der Waals surface area contributed by atoms with E-state index in [1.807, 2.05) is 42.6 Å². The van der Waals surface area contributed by atoms with E-state index in [1.165, 1.54) is 21.9 Å². The van der Waals surface area contributed by atoms with Crippen LogP contribution in [0.5, 0.6) is 0 Å². The lowest BCUT2D eigenvalue weighted by molar-refractivity contribution is 0.794. The molecule has 3 aromatic heterocycles. The standard InChI is InChI=1S/C25H18ClN5/c26-16-9-11-17(12-10-16)31-15-24(29-30-31)25(20-13-27-22-7-3-1-5-18(20)22)21-14-28-23-8-4-2-6-19(21)23/h1-15,25,27-28H. The molecule has 6 aromatic rings. The third kappa shape index (κ3) is 3.02. The molecule has 6 heteroatoms. The Bertz CT molecular complexity index is 1430. The molecule has 0 saturated heterocycles. The van der Waals surface area contributed by atoms with Gasteiger partial charge in [-0.2, -0.15) is 0 Å². The Hall–Kier alpha value is -3.83. The zero-order chi connectivity index (χ0) is 20.8. The summed E-state index contributed by atoms with van der Waals surface area (Å²) in [4.78, 5) is 6.83. The molecule has 0 amide bonds. The van der Waals surface area contributed by atoms with Crippen LogP contribution in [0.1, 0.15) is 22.7 Å². The third-order valence-corrected chi connectivity index (χ3v) is 6.01. The Labute approximate surface area is 183 Å². The number of benzene rings is 3. The molecule has 0 bridgehead atoms. The summed E-state index contributed by atoms with van der Waals surface area (Å²) in [5, 5.41) is 12.1. The number of hydrogen-bond donors (Lipinski definition) is 2. The normalized spacial score (nSPS) is 11.7. The predicted molar refractivity (Wildman–Crippen MR) is 124 cm³/mol. The van der Waals surface area contributed by atoms with Crippen molar-refractivity contribution in [3.05, 3.63) is 113 Å². The van der Waals surface area contributed by atoms with Gasteiger partial charge in [0.15, 0.2) is 0 Å². The molecule has 31 heavy (non-hydrogen) atoms. The van der Waals surface area contributed by atoms with Crippen LogP contribution in [0.15, 0.2) is 91.4 Å². The van der Waals surface area contributed by atoms with E-state index in [0.717, 1.165) is 22.4 Å². The summed E-state index contributed by atoms with van der Waals surface area (Å²) in [6.45, 7) is 0. The maximum Gasteiger partial charge on any atom is 0.0952 e. The zero-order valence-electron chi connectivity index (χ0n) is 16.5. The van der Waals surface area contributed by atoms with Crippen LogP contribution in [0.3, 0.4) is 0 Å². The summed E-state index contributed by atoms with van der Waals surface area (Å²) in [5.74, 6) is -0.0756. The van der Waals surface area contributed by atoms with E-state index in [9.17, 15) is 0 Å². The highest BCUT2D eigenvalue weighted by Crippen LogP contribution is 2.38. The van der Waals surface area contributed by atoms with E-state index >= 15 is 0 Å². The number of H-pyrrole nitrogens is 2. The van der Waals surface area contributed by atoms with E-state index < -0.39 is 0 Å². The first-order valence-corrected chi connectivity index (χ1v) is 10.5. The highest BCUT2D eigenvalue weighted by Gasteiger charge is 2.26. The van der Waals surface area contributed by atoms with Gasteiger partial charge >= 0.3 is 0 Å². The number of halogens is 1. The average Bonchev–Trinajstić information content (AvgIpc) is 3.55. The maximum absolute atomic E-state index is 6.05. The zero-order valence-corrected chi connectivity index (χ0v) is 17.2. The fourth-order valence-corrected chi connectivity index (χ4v) is 4.41. The van der Waals surface area contributed by atoms with Crippen LogP contribution in [0.4, 0.5) is 0 Å². The van der Waals surface area contributed by atoms with Crippen molar-refractivity contribution < 1.29 is 0 Å². The molecule has 3 heterocycles. The van der Waals surface area contributed by atoms with Gasteiger partial charge in [0.1, 0.15) is 0 Å². The number of nitrogens with one attached hydrogen (secondary N) is 2. The Morgan fingerprint density at radius 3 is 1.94 bits per heavy atom. The van der Waals surface area contributed by atoms with Gasteiger partial charge in [-0.25, -0.2) is 4.68 Å². The van der Waals surface area contributed by atoms with Crippen LogP contribution in [-0.4, -0.2) is 25.0 Å². The van der Waals surface area contributed by atoms with Crippen LogP contribution in [0.25, 0.3) is 27.5 Å². The molecule has 0 aliphatic heterocycles. The minimum Gasteiger partial charge on any atom is -0.361 e. The second-order valence-electron chi connectivity index (χ2n) is 7.58. The molecular weight excluding hydrogens is 406 g/mol. The van der Waals surface area contributed by atoms with E-state index in [1.54, 1.807) is 4.68 Å². The SMILES string of the molecule is Clc1ccc(-n2cc(C(c3c[nH]c4ccccc34)c3c[nH]c4ccccc34)nn2)cc1. The summed E-state index contributed by atoms with van der Waals surface area (Å²) in [7, 11) is 0. The summed E-state index contributed by atoms with van der Waals surface area (Å²) in [6, 6.07) is 24.3. The van der Waals surface area contributed by atoms with Crippen LogP contribution >= 0.6 is 11.6 Å². The summed E-state index contributed by atoms with van der Waals surface area (Å²) in [5.41, 5.74) is 6.34. The molecule has 0 atom stereocenters. The van der Waals surface area contributed by atoms with Gasteiger partial charge in [-0.1, -0.05) is 53.2 Å². The third-order valence-electron chi connectivity index (χ3n) is 5.76. The first kappa shape index (κ1) is 18.0. The monoisotopic (exact) mass is 423 g/mol. The van der Waals surface area contributed by atoms with Crippen LogP contribution in [-0.2, 0) is 0 Å². The Morgan fingerprint density at radius 1 is 0.742 bits per heavy atom. The quantitative estimate of drug-likeness (QED) is 0.362.